The molecule has 2 aromatic carbocycles. The van der Waals surface area contributed by atoms with E-state index in [9.17, 15) is 14.7 Å². The molecule has 2 aromatic rings. The quantitative estimate of drug-likeness (QED) is 0.514. The second-order valence-corrected chi connectivity index (χ2v) is 4.54. The van der Waals surface area contributed by atoms with E-state index in [1.165, 1.54) is 13.8 Å². The van der Waals surface area contributed by atoms with Crippen LogP contribution in [-0.2, 0) is 19.1 Å². The Morgan fingerprint density at radius 3 is 1.93 bits per heavy atom. The number of benzene rings is 2. The van der Waals surface area contributed by atoms with Crippen LogP contribution in [-0.4, -0.2) is 50.4 Å². The molecule has 0 fully saturated rings. The van der Waals surface area contributed by atoms with Crippen LogP contribution in [0.25, 0.3) is 0 Å². The van der Waals surface area contributed by atoms with Crippen LogP contribution in [0.2, 0.25) is 0 Å². The molecule has 0 saturated carbocycles. The third kappa shape index (κ3) is 7.61. The summed E-state index contributed by atoms with van der Waals surface area (Å²) in [4.78, 5) is 24.0. The summed E-state index contributed by atoms with van der Waals surface area (Å²) < 4.78 is 125. The average molecular weight is 421 g/mol. The van der Waals surface area contributed by atoms with Crippen LogP contribution in [0.15, 0.2) is 48.3 Å². The maximum Gasteiger partial charge on any atom is 0.359 e. The molecular weight excluding hydrogens is 380 g/mol. The minimum absolute atomic E-state index is 0.108. The summed E-state index contributed by atoms with van der Waals surface area (Å²) >= 11 is 0. The molecule has 0 heterocycles. The molecule has 0 amide bonds. The van der Waals surface area contributed by atoms with Crippen molar-refractivity contribution >= 4 is 11.9 Å². The Balaban J connectivity index is 0.000000490. The molecule has 0 aromatic heterocycles. The summed E-state index contributed by atoms with van der Waals surface area (Å²) in [6.07, 6.45) is -2.04. The highest BCUT2D eigenvalue weighted by molar-refractivity contribution is 5.98. The van der Waals surface area contributed by atoms with Crippen molar-refractivity contribution in [3.8, 4) is 23.0 Å². The Labute approximate surface area is 189 Å². The molecule has 0 unspecified atom stereocenters. The van der Waals surface area contributed by atoms with Gasteiger partial charge in [0.1, 0.15) is 0 Å². The first-order valence-corrected chi connectivity index (χ1v) is 7.87. The highest BCUT2D eigenvalue weighted by Gasteiger charge is 2.32. The fourth-order valence-corrected chi connectivity index (χ4v) is 1.56. The van der Waals surface area contributed by atoms with Gasteiger partial charge in [0.25, 0.3) is 6.10 Å². The molecule has 8 heteroatoms. The lowest BCUT2D eigenvalue weighted by Crippen LogP contribution is -2.38. The standard InChI is InChI=1S/C14H18O6.C7H8O2/c1-4-18-13(15)12(14(16)19-5-2)20-11-9-7-6-8-10(11)17-3;1-9-7-5-3-2-4-6(7)8/h6-9,12H,4-5H2,1-3H3;2-5,8H,1H3/i3D3,6D,7D,8D,9D;1D3,2D,3D,4D,5D. The molecule has 0 saturated heterocycles. The number of aromatic hydroxyl groups is 1. The number of hydrogen-bond acceptors (Lipinski definition) is 8. The first-order valence-electron chi connectivity index (χ1n) is 14.9. The lowest BCUT2D eigenvalue weighted by molar-refractivity contribution is -0.166. The van der Waals surface area contributed by atoms with E-state index in [4.69, 9.17) is 33.4 Å². The van der Waals surface area contributed by atoms with Gasteiger partial charge in [-0.1, -0.05) is 24.2 Å². The van der Waals surface area contributed by atoms with Gasteiger partial charge >= 0.3 is 11.9 Å². The summed E-state index contributed by atoms with van der Waals surface area (Å²) in [5.41, 5.74) is 0. The van der Waals surface area contributed by atoms with Crippen LogP contribution < -0.4 is 14.2 Å². The van der Waals surface area contributed by atoms with Crippen LogP contribution in [0.5, 0.6) is 23.0 Å². The molecule has 8 nitrogen and oxygen atoms in total. The largest absolute Gasteiger partial charge is 0.504 e. The van der Waals surface area contributed by atoms with Crippen LogP contribution >= 0.6 is 0 Å². The summed E-state index contributed by atoms with van der Waals surface area (Å²) in [6, 6.07) is -6.03. The summed E-state index contributed by atoms with van der Waals surface area (Å²) in [5, 5.41) is 9.36. The van der Waals surface area contributed by atoms with Crippen LogP contribution in [0.3, 0.4) is 0 Å². The smallest absolute Gasteiger partial charge is 0.359 e. The molecule has 0 spiro atoms. The van der Waals surface area contributed by atoms with Crippen LogP contribution in [0, 0.1) is 0 Å². The Morgan fingerprint density at radius 1 is 0.897 bits per heavy atom. The van der Waals surface area contributed by atoms with Crippen molar-refractivity contribution in [3.05, 3.63) is 48.3 Å². The van der Waals surface area contributed by atoms with Gasteiger partial charge in [0.05, 0.1) is 46.5 Å². The minimum atomic E-state index is -3.08. The van der Waals surface area contributed by atoms with E-state index in [0.29, 0.717) is 0 Å². The number of rotatable bonds is 8. The molecule has 158 valence electrons. The zero-order valence-corrected chi connectivity index (χ0v) is 15.3. The van der Waals surface area contributed by atoms with Crippen molar-refractivity contribution in [1.29, 1.82) is 0 Å². The van der Waals surface area contributed by atoms with Crippen molar-refractivity contribution in [3.63, 3.8) is 0 Å². The second kappa shape index (κ2) is 12.9. The highest BCUT2D eigenvalue weighted by atomic mass is 16.6. The molecule has 0 aliphatic carbocycles. The molecule has 2 rings (SSSR count). The molecule has 0 radical (unpaired) electrons. The number of carbonyl (C=O) groups excluding carboxylic acids is 2. The molecule has 1 N–H and O–H groups in total. The number of methoxy groups -OCH3 is 2. The Morgan fingerprint density at radius 2 is 1.38 bits per heavy atom. The van der Waals surface area contributed by atoms with Crippen molar-refractivity contribution < 1.29 is 57.6 Å². The topological polar surface area (TPSA) is 101 Å². The fourth-order valence-electron chi connectivity index (χ4n) is 1.56. The van der Waals surface area contributed by atoms with E-state index in [1.54, 1.807) is 0 Å². The van der Waals surface area contributed by atoms with Gasteiger partial charge in [0, 0.05) is 0 Å². The lowest BCUT2D eigenvalue weighted by Gasteiger charge is -2.17. The predicted octanol–water partition coefficient (Wildman–Crippen LogP) is 2.97. The number of esters is 2. The maximum absolute atomic E-state index is 12.0. The summed E-state index contributed by atoms with van der Waals surface area (Å²) in [6.45, 7) is 2.73. The van der Waals surface area contributed by atoms with E-state index in [1.807, 2.05) is 0 Å². The second-order valence-electron chi connectivity index (χ2n) is 4.54. The lowest BCUT2D eigenvalue weighted by atomic mass is 10.3. The summed E-state index contributed by atoms with van der Waals surface area (Å²) in [7, 11) is -5.98. The van der Waals surface area contributed by atoms with Crippen molar-refractivity contribution in [2.24, 2.45) is 0 Å². The Kier molecular flexibility index (Phi) is 4.38. The zero-order valence-electron chi connectivity index (χ0n) is 29.3. The molecule has 0 atom stereocenters. The number of ether oxygens (including phenoxy) is 5. The number of phenols is 1. The van der Waals surface area contributed by atoms with Gasteiger partial charge in [-0.2, -0.15) is 0 Å². The van der Waals surface area contributed by atoms with E-state index in [0.717, 1.165) is 0 Å². The van der Waals surface area contributed by atoms with Gasteiger partial charge < -0.3 is 28.8 Å². The fraction of sp³-hybridized carbons (Fsp3) is 0.333. The average Bonchev–Trinajstić information content (AvgIpc) is 2.90. The molecule has 0 aliphatic rings. The van der Waals surface area contributed by atoms with Gasteiger partial charge in [0.15, 0.2) is 23.0 Å². The third-order valence-corrected chi connectivity index (χ3v) is 2.70. The van der Waals surface area contributed by atoms with E-state index < -0.39 is 103 Å². The first kappa shape index (κ1) is 9.87. The van der Waals surface area contributed by atoms with Gasteiger partial charge in [-0.3, -0.25) is 0 Å². The van der Waals surface area contributed by atoms with E-state index in [2.05, 4.69) is 9.47 Å². The van der Waals surface area contributed by atoms with Crippen molar-refractivity contribution in [2.45, 2.75) is 20.0 Å². The van der Waals surface area contributed by atoms with Crippen LogP contribution in [0.4, 0.5) is 0 Å². The number of para-hydroxylation sites is 4. The van der Waals surface area contributed by atoms with E-state index >= 15 is 0 Å². The zero-order chi connectivity index (χ0) is 33.6. The van der Waals surface area contributed by atoms with E-state index in [-0.39, 0.29) is 13.2 Å². The first-order chi connectivity index (χ1) is 19.6. The SMILES string of the molecule is [2H]c1c([2H])c([2H])c(OC([2H])([2H])[2H])c(O)c1[2H].[2H]c1c([2H])c([2H])c(OC([2H])([2H])[2H])c(OC(C(=O)OCC)C(=O)OCC)c1[2H]. The van der Waals surface area contributed by atoms with Gasteiger partial charge in [-0.25, -0.2) is 9.59 Å². The minimum Gasteiger partial charge on any atom is -0.504 e. The molecule has 29 heavy (non-hydrogen) atoms. The third-order valence-electron chi connectivity index (χ3n) is 2.70. The number of carbonyl (C=O) groups is 2. The van der Waals surface area contributed by atoms with Gasteiger partial charge in [0.2, 0.25) is 0 Å². The van der Waals surface area contributed by atoms with Gasteiger partial charge in [-0.15, -0.1) is 0 Å². The van der Waals surface area contributed by atoms with Crippen molar-refractivity contribution in [2.75, 3.05) is 27.3 Å². The monoisotopic (exact) mass is 420 g/mol. The normalized spacial score (nSPS) is 17.5. The summed E-state index contributed by atoms with van der Waals surface area (Å²) in [5.74, 6) is -5.75. The van der Waals surface area contributed by atoms with Crippen LogP contribution in [0.1, 0.15) is 33.0 Å². The molecule has 0 bridgehead atoms. The van der Waals surface area contributed by atoms with Crippen molar-refractivity contribution in [1.82, 2.24) is 0 Å². The number of phenolic OH excluding ortho intramolecular Hbond substituents is 1. The van der Waals surface area contributed by atoms with Gasteiger partial charge in [-0.05, 0) is 38.0 Å². The maximum atomic E-state index is 12.0. The predicted molar refractivity (Wildman–Crippen MR) is 105 cm³/mol. The molecule has 0 aliphatic heterocycles. The molecular formula is C21H26O8. The Bertz CT molecular complexity index is 1300. The number of hydrogen-bond donors (Lipinski definition) is 1. The highest BCUT2D eigenvalue weighted by Crippen LogP contribution is 2.27. The Hall–Kier alpha value is -3.42.